The molecule has 0 unspecified atom stereocenters. The Hall–Kier alpha value is -3.28. The molecule has 0 atom stereocenters. The Morgan fingerprint density at radius 2 is 1.72 bits per heavy atom. The highest BCUT2D eigenvalue weighted by Crippen LogP contribution is 2.41. The average molecular weight is 338 g/mol. The predicted molar refractivity (Wildman–Crippen MR) is 95.6 cm³/mol. The van der Waals surface area contributed by atoms with E-state index >= 15 is 0 Å². The summed E-state index contributed by atoms with van der Waals surface area (Å²) in [7, 11) is 3.05. The van der Waals surface area contributed by atoms with Gasteiger partial charge in [0.15, 0.2) is 11.5 Å². The number of carbonyl (C=O) groups excluding carboxylic acids is 2. The lowest BCUT2D eigenvalue weighted by Crippen LogP contribution is -2.11. The Morgan fingerprint density at radius 1 is 1.00 bits per heavy atom. The number of fused-ring (bicyclic) bond motifs is 1. The van der Waals surface area contributed by atoms with E-state index in [2.05, 4.69) is 10.3 Å². The molecular formula is C19H18N2O4. The molecule has 6 nitrogen and oxygen atoms in total. The molecule has 3 rings (SSSR count). The van der Waals surface area contributed by atoms with Crippen LogP contribution in [0.25, 0.3) is 10.9 Å². The number of H-pyrrole nitrogens is 1. The number of amides is 1. The summed E-state index contributed by atoms with van der Waals surface area (Å²) < 4.78 is 10.8. The zero-order valence-electron chi connectivity index (χ0n) is 14.2. The summed E-state index contributed by atoms with van der Waals surface area (Å²) in [5.74, 6) is 0.459. The molecule has 1 amide bonds. The van der Waals surface area contributed by atoms with Crippen molar-refractivity contribution < 1.29 is 19.1 Å². The van der Waals surface area contributed by atoms with Gasteiger partial charge in [0.05, 0.1) is 30.8 Å². The number of methoxy groups -OCH3 is 2. The topological polar surface area (TPSA) is 80.4 Å². The Morgan fingerprint density at radius 3 is 2.32 bits per heavy atom. The Balaban J connectivity index is 2.28. The average Bonchev–Trinajstić information content (AvgIpc) is 2.98. The van der Waals surface area contributed by atoms with E-state index in [4.69, 9.17) is 9.47 Å². The van der Waals surface area contributed by atoms with Gasteiger partial charge in [-0.25, -0.2) is 0 Å². The van der Waals surface area contributed by atoms with Crippen molar-refractivity contribution in [2.75, 3.05) is 19.5 Å². The molecule has 0 saturated heterocycles. The first-order chi connectivity index (χ1) is 12.1. The van der Waals surface area contributed by atoms with Crippen molar-refractivity contribution in [3.8, 4) is 11.5 Å². The van der Waals surface area contributed by atoms with Crippen LogP contribution in [-0.2, 0) is 4.79 Å². The van der Waals surface area contributed by atoms with E-state index in [1.807, 2.05) is 6.07 Å². The highest BCUT2D eigenvalue weighted by molar-refractivity contribution is 6.19. The molecular weight excluding hydrogens is 320 g/mol. The standard InChI is InChI=1S/C19H18N2O4/c1-11(22)20-16-15-13(9-10-14(24-2)19(15)25-3)21-17(16)18(23)12-7-5-4-6-8-12/h4-10,21H,1-3H3,(H,20,22). The van der Waals surface area contributed by atoms with Gasteiger partial charge in [0.2, 0.25) is 11.7 Å². The van der Waals surface area contributed by atoms with E-state index in [1.54, 1.807) is 36.4 Å². The fourth-order valence-corrected chi connectivity index (χ4v) is 2.81. The Labute approximate surface area is 144 Å². The molecule has 25 heavy (non-hydrogen) atoms. The SMILES string of the molecule is COc1ccc2[nH]c(C(=O)c3ccccc3)c(NC(C)=O)c2c1OC. The molecule has 0 aliphatic rings. The van der Waals surface area contributed by atoms with Gasteiger partial charge in [0.25, 0.3) is 0 Å². The number of hydrogen-bond acceptors (Lipinski definition) is 4. The number of ether oxygens (including phenoxy) is 2. The van der Waals surface area contributed by atoms with E-state index < -0.39 is 0 Å². The quantitative estimate of drug-likeness (QED) is 0.699. The van der Waals surface area contributed by atoms with Gasteiger partial charge in [-0.15, -0.1) is 0 Å². The van der Waals surface area contributed by atoms with Crippen LogP contribution in [-0.4, -0.2) is 30.9 Å². The van der Waals surface area contributed by atoms with Crippen LogP contribution in [0.2, 0.25) is 0 Å². The van der Waals surface area contributed by atoms with Crippen LogP contribution in [0.4, 0.5) is 5.69 Å². The smallest absolute Gasteiger partial charge is 0.221 e. The maximum Gasteiger partial charge on any atom is 0.221 e. The van der Waals surface area contributed by atoms with Crippen LogP contribution >= 0.6 is 0 Å². The van der Waals surface area contributed by atoms with Gasteiger partial charge in [-0.2, -0.15) is 0 Å². The maximum atomic E-state index is 12.9. The zero-order valence-corrected chi connectivity index (χ0v) is 14.2. The largest absolute Gasteiger partial charge is 0.493 e. The van der Waals surface area contributed by atoms with Crippen LogP contribution in [0, 0.1) is 0 Å². The molecule has 0 fully saturated rings. The summed E-state index contributed by atoms with van der Waals surface area (Å²) in [5.41, 5.74) is 1.86. The summed E-state index contributed by atoms with van der Waals surface area (Å²) in [6, 6.07) is 12.4. The van der Waals surface area contributed by atoms with Crippen molar-refractivity contribution in [3.63, 3.8) is 0 Å². The number of carbonyl (C=O) groups is 2. The number of anilines is 1. The normalized spacial score (nSPS) is 10.5. The minimum absolute atomic E-state index is 0.221. The molecule has 2 aromatic carbocycles. The molecule has 1 aromatic heterocycles. The van der Waals surface area contributed by atoms with E-state index in [1.165, 1.54) is 21.1 Å². The van der Waals surface area contributed by atoms with Crippen molar-refractivity contribution in [3.05, 3.63) is 53.7 Å². The van der Waals surface area contributed by atoms with Crippen LogP contribution in [0.3, 0.4) is 0 Å². The zero-order chi connectivity index (χ0) is 18.0. The summed E-state index contributed by atoms with van der Waals surface area (Å²) in [6.07, 6.45) is 0. The Bertz CT molecular complexity index is 945. The molecule has 0 saturated carbocycles. The maximum absolute atomic E-state index is 12.9. The summed E-state index contributed by atoms with van der Waals surface area (Å²) in [4.78, 5) is 27.7. The van der Waals surface area contributed by atoms with Crippen LogP contribution in [0.5, 0.6) is 11.5 Å². The molecule has 3 aromatic rings. The summed E-state index contributed by atoms with van der Waals surface area (Å²) in [6.45, 7) is 1.39. The van der Waals surface area contributed by atoms with Crippen molar-refractivity contribution in [1.29, 1.82) is 0 Å². The summed E-state index contributed by atoms with van der Waals surface area (Å²) in [5, 5.41) is 3.34. The predicted octanol–water partition coefficient (Wildman–Crippen LogP) is 3.37. The molecule has 0 radical (unpaired) electrons. The van der Waals surface area contributed by atoms with E-state index in [0.29, 0.717) is 39.3 Å². The lowest BCUT2D eigenvalue weighted by atomic mass is 10.1. The number of nitrogens with one attached hydrogen (secondary N) is 2. The molecule has 0 aliphatic carbocycles. The third kappa shape index (κ3) is 2.94. The van der Waals surface area contributed by atoms with Crippen molar-refractivity contribution in [2.24, 2.45) is 0 Å². The van der Waals surface area contributed by atoms with E-state index in [0.717, 1.165) is 0 Å². The number of hydrogen-bond donors (Lipinski definition) is 2. The monoisotopic (exact) mass is 338 g/mol. The molecule has 128 valence electrons. The first kappa shape index (κ1) is 16.6. The van der Waals surface area contributed by atoms with E-state index in [-0.39, 0.29) is 11.7 Å². The van der Waals surface area contributed by atoms with Gasteiger partial charge < -0.3 is 19.8 Å². The van der Waals surface area contributed by atoms with Gasteiger partial charge in [-0.3, -0.25) is 9.59 Å². The fourth-order valence-electron chi connectivity index (χ4n) is 2.81. The molecule has 2 N–H and O–H groups in total. The first-order valence-electron chi connectivity index (χ1n) is 7.70. The highest BCUT2D eigenvalue weighted by atomic mass is 16.5. The van der Waals surface area contributed by atoms with Crippen molar-refractivity contribution >= 4 is 28.3 Å². The Kier molecular flexibility index (Phi) is 4.43. The van der Waals surface area contributed by atoms with Crippen LogP contribution < -0.4 is 14.8 Å². The van der Waals surface area contributed by atoms with E-state index in [9.17, 15) is 9.59 Å². The molecule has 0 spiro atoms. The number of aromatic nitrogens is 1. The number of ketones is 1. The van der Waals surface area contributed by atoms with Crippen LogP contribution in [0.15, 0.2) is 42.5 Å². The van der Waals surface area contributed by atoms with Gasteiger partial charge in [0, 0.05) is 12.5 Å². The van der Waals surface area contributed by atoms with Crippen molar-refractivity contribution in [1.82, 2.24) is 4.98 Å². The highest BCUT2D eigenvalue weighted by Gasteiger charge is 2.24. The first-order valence-corrected chi connectivity index (χ1v) is 7.70. The third-order valence-corrected chi connectivity index (χ3v) is 3.87. The molecule has 1 heterocycles. The molecule has 0 aliphatic heterocycles. The van der Waals surface area contributed by atoms with Gasteiger partial charge in [-0.1, -0.05) is 30.3 Å². The fraction of sp³-hybridized carbons (Fsp3) is 0.158. The third-order valence-electron chi connectivity index (χ3n) is 3.87. The molecule has 0 bridgehead atoms. The minimum atomic E-state index is -0.284. The number of aromatic amines is 1. The lowest BCUT2D eigenvalue weighted by Gasteiger charge is -2.10. The second-order valence-corrected chi connectivity index (χ2v) is 5.47. The van der Waals surface area contributed by atoms with Crippen LogP contribution in [0.1, 0.15) is 23.0 Å². The number of benzene rings is 2. The number of rotatable bonds is 5. The van der Waals surface area contributed by atoms with Gasteiger partial charge in [-0.05, 0) is 12.1 Å². The van der Waals surface area contributed by atoms with Gasteiger partial charge in [0.1, 0.15) is 5.69 Å². The van der Waals surface area contributed by atoms with Gasteiger partial charge >= 0.3 is 0 Å². The minimum Gasteiger partial charge on any atom is -0.493 e. The second kappa shape index (κ2) is 6.68. The second-order valence-electron chi connectivity index (χ2n) is 5.47. The van der Waals surface area contributed by atoms with Crippen molar-refractivity contribution in [2.45, 2.75) is 6.92 Å². The molecule has 6 heteroatoms. The summed E-state index contributed by atoms with van der Waals surface area (Å²) >= 11 is 0. The lowest BCUT2D eigenvalue weighted by molar-refractivity contribution is -0.114.